The number of hydrogen-bond acceptors (Lipinski definition) is 7. The number of hydrogen-bond donors (Lipinski definition) is 2. The van der Waals surface area contributed by atoms with Crippen LogP contribution in [0.4, 0.5) is 5.69 Å². The molecule has 32 heavy (non-hydrogen) atoms. The number of quaternary nitrogens is 1. The van der Waals surface area contributed by atoms with Crippen LogP contribution in [0.2, 0.25) is 0 Å². The maximum Gasteiger partial charge on any atom is 0.289 e. The van der Waals surface area contributed by atoms with Crippen molar-refractivity contribution in [2.24, 2.45) is 0 Å². The predicted octanol–water partition coefficient (Wildman–Crippen LogP) is -0.471. The van der Waals surface area contributed by atoms with Gasteiger partial charge < -0.3 is 19.7 Å². The Morgan fingerprint density at radius 2 is 1.84 bits per heavy atom. The second-order valence-corrected chi connectivity index (χ2v) is 9.43. The zero-order valence-electron chi connectivity index (χ0n) is 17.2. The van der Waals surface area contributed by atoms with Crippen molar-refractivity contribution in [3.8, 4) is 11.5 Å². The molecule has 12 heteroatoms. The van der Waals surface area contributed by atoms with E-state index in [-0.39, 0.29) is 37.2 Å². The maximum absolute atomic E-state index is 12.9. The second kappa shape index (κ2) is 9.10. The molecular formula is C20H23N4O7S+. The van der Waals surface area contributed by atoms with Crippen LogP contribution in [0.15, 0.2) is 47.4 Å². The summed E-state index contributed by atoms with van der Waals surface area (Å²) in [5.74, 6) is 1.18. The summed E-state index contributed by atoms with van der Waals surface area (Å²) in [4.78, 5) is 23.5. The van der Waals surface area contributed by atoms with Crippen LogP contribution in [0.1, 0.15) is 5.56 Å². The Labute approximate surface area is 184 Å². The van der Waals surface area contributed by atoms with Gasteiger partial charge in [-0.3, -0.25) is 14.9 Å². The largest absolute Gasteiger partial charge is 0.454 e. The van der Waals surface area contributed by atoms with Crippen LogP contribution in [0.3, 0.4) is 0 Å². The van der Waals surface area contributed by atoms with Crippen molar-refractivity contribution in [2.75, 3.05) is 39.5 Å². The number of nitrogens with one attached hydrogen (secondary N) is 2. The van der Waals surface area contributed by atoms with Gasteiger partial charge in [-0.05, 0) is 23.8 Å². The van der Waals surface area contributed by atoms with Crippen molar-refractivity contribution in [1.82, 2.24) is 9.62 Å². The zero-order valence-corrected chi connectivity index (χ0v) is 18.0. The van der Waals surface area contributed by atoms with Gasteiger partial charge in [-0.15, -0.1) is 0 Å². The van der Waals surface area contributed by atoms with Crippen LogP contribution in [0.25, 0.3) is 0 Å². The number of nitro benzene ring substituents is 1. The Bertz CT molecular complexity index is 1130. The molecular weight excluding hydrogens is 440 g/mol. The highest BCUT2D eigenvalue weighted by atomic mass is 32.2. The van der Waals surface area contributed by atoms with Crippen molar-refractivity contribution in [3.05, 3.63) is 58.1 Å². The molecule has 0 spiro atoms. The fraction of sp³-hybridized carbons (Fsp3) is 0.350. The Balaban J connectivity index is 1.29. The minimum atomic E-state index is -3.99. The third-order valence-electron chi connectivity index (χ3n) is 5.45. The molecule has 170 valence electrons. The number of fused-ring (bicyclic) bond motifs is 1. The molecule has 0 atom stereocenters. The molecule has 2 aromatic rings. The molecule has 0 unspecified atom stereocenters. The van der Waals surface area contributed by atoms with Crippen LogP contribution in [0, 0.1) is 10.1 Å². The van der Waals surface area contributed by atoms with Crippen LogP contribution in [-0.4, -0.2) is 63.1 Å². The van der Waals surface area contributed by atoms with Gasteiger partial charge in [0.05, 0.1) is 31.1 Å². The second-order valence-electron chi connectivity index (χ2n) is 7.52. The highest BCUT2D eigenvalue weighted by molar-refractivity contribution is 7.89. The molecule has 2 aliphatic rings. The van der Waals surface area contributed by atoms with Gasteiger partial charge >= 0.3 is 0 Å². The highest BCUT2D eigenvalue weighted by Crippen LogP contribution is 2.32. The molecule has 1 amide bonds. The van der Waals surface area contributed by atoms with Crippen LogP contribution in [0.5, 0.6) is 11.5 Å². The van der Waals surface area contributed by atoms with Crippen molar-refractivity contribution in [3.63, 3.8) is 0 Å². The number of rotatable bonds is 7. The number of nitro groups is 1. The molecule has 0 aliphatic carbocycles. The normalized spacial score (nSPS) is 16.6. The standard InChI is InChI=1S/C20H22N4O7S/c25-20(21-12-15-5-6-17-18(11-15)31-14-30-17)13-22-7-9-23(10-8-22)32(28,29)19-4-2-1-3-16(19)24(26)27/h1-6,11H,7-10,12-14H2,(H,21,25)/p+1. The summed E-state index contributed by atoms with van der Waals surface area (Å²) in [5, 5.41) is 14.1. The lowest BCUT2D eigenvalue weighted by atomic mass is 10.2. The van der Waals surface area contributed by atoms with Crippen LogP contribution >= 0.6 is 0 Å². The molecule has 11 nitrogen and oxygen atoms in total. The van der Waals surface area contributed by atoms with Crippen LogP contribution in [-0.2, 0) is 21.4 Å². The quantitative estimate of drug-likeness (QED) is 0.419. The molecule has 1 saturated heterocycles. The number of carbonyl (C=O) groups excluding carboxylic acids is 1. The van der Waals surface area contributed by atoms with E-state index < -0.39 is 20.6 Å². The molecule has 0 aromatic heterocycles. The first kappa shape index (κ1) is 22.0. The van der Waals surface area contributed by atoms with Gasteiger partial charge in [0.15, 0.2) is 22.9 Å². The monoisotopic (exact) mass is 463 g/mol. The first-order chi connectivity index (χ1) is 15.3. The summed E-state index contributed by atoms with van der Waals surface area (Å²) < 4.78 is 37.6. The number of nitrogens with zero attached hydrogens (tertiary/aromatic N) is 2. The van der Waals surface area contributed by atoms with Gasteiger partial charge in [-0.1, -0.05) is 18.2 Å². The Morgan fingerprint density at radius 3 is 2.59 bits per heavy atom. The van der Waals surface area contributed by atoms with Crippen molar-refractivity contribution >= 4 is 21.6 Å². The summed E-state index contributed by atoms with van der Waals surface area (Å²) in [5.41, 5.74) is 0.447. The molecule has 0 radical (unpaired) electrons. The molecule has 2 heterocycles. The number of para-hydroxylation sites is 1. The number of piperazine rings is 1. The third-order valence-corrected chi connectivity index (χ3v) is 7.39. The summed E-state index contributed by atoms with van der Waals surface area (Å²) >= 11 is 0. The lowest BCUT2D eigenvalue weighted by Gasteiger charge is -2.31. The fourth-order valence-corrected chi connectivity index (χ4v) is 5.32. The summed E-state index contributed by atoms with van der Waals surface area (Å²) in [7, 11) is -3.99. The molecule has 2 aromatic carbocycles. The number of benzene rings is 2. The topological polar surface area (TPSA) is 133 Å². The van der Waals surface area contributed by atoms with Gasteiger partial charge in [0.25, 0.3) is 11.6 Å². The first-order valence-corrected chi connectivity index (χ1v) is 11.5. The van der Waals surface area contributed by atoms with Crippen molar-refractivity contribution < 1.29 is 32.5 Å². The van der Waals surface area contributed by atoms with Crippen molar-refractivity contribution in [1.29, 1.82) is 0 Å². The number of ether oxygens (including phenoxy) is 2. The summed E-state index contributed by atoms with van der Waals surface area (Å²) in [6.07, 6.45) is 0. The van der Waals surface area contributed by atoms with E-state index >= 15 is 0 Å². The van der Waals surface area contributed by atoms with Crippen molar-refractivity contribution in [2.45, 2.75) is 11.4 Å². The van der Waals surface area contributed by atoms with Crippen LogP contribution < -0.4 is 19.7 Å². The van der Waals surface area contributed by atoms with E-state index in [4.69, 9.17) is 9.47 Å². The Morgan fingerprint density at radius 1 is 1.12 bits per heavy atom. The molecule has 0 bridgehead atoms. The fourth-order valence-electron chi connectivity index (χ4n) is 3.73. The van der Waals surface area contributed by atoms with E-state index in [1.54, 1.807) is 6.07 Å². The minimum Gasteiger partial charge on any atom is -0.454 e. The van der Waals surface area contributed by atoms with Gasteiger partial charge in [0, 0.05) is 12.6 Å². The van der Waals surface area contributed by atoms with E-state index in [2.05, 4.69) is 5.32 Å². The van der Waals surface area contributed by atoms with Gasteiger partial charge in [-0.2, -0.15) is 4.31 Å². The lowest BCUT2D eigenvalue weighted by molar-refractivity contribution is -0.895. The smallest absolute Gasteiger partial charge is 0.289 e. The third kappa shape index (κ3) is 4.66. The van der Waals surface area contributed by atoms with Gasteiger partial charge in [-0.25, -0.2) is 8.42 Å². The average Bonchev–Trinajstić information content (AvgIpc) is 3.26. The molecule has 2 aliphatic heterocycles. The maximum atomic E-state index is 12.9. The molecule has 0 saturated carbocycles. The first-order valence-electron chi connectivity index (χ1n) is 10.1. The predicted molar refractivity (Wildman–Crippen MR) is 112 cm³/mol. The van der Waals surface area contributed by atoms with E-state index in [9.17, 15) is 23.3 Å². The Hall–Kier alpha value is -3.22. The zero-order chi connectivity index (χ0) is 22.7. The van der Waals surface area contributed by atoms with Gasteiger partial charge in [0.1, 0.15) is 0 Å². The average molecular weight is 463 g/mol. The summed E-state index contributed by atoms with van der Waals surface area (Å²) in [6.45, 7) is 1.96. The molecule has 2 N–H and O–H groups in total. The van der Waals surface area contributed by atoms with E-state index in [1.165, 1.54) is 28.6 Å². The van der Waals surface area contributed by atoms with Gasteiger partial charge in [0.2, 0.25) is 16.8 Å². The number of carbonyl (C=O) groups is 1. The van der Waals surface area contributed by atoms with E-state index in [1.807, 2.05) is 12.1 Å². The number of sulfonamides is 1. The number of amides is 1. The minimum absolute atomic E-state index is 0.146. The summed E-state index contributed by atoms with van der Waals surface area (Å²) in [6, 6.07) is 10.8. The molecule has 4 rings (SSSR count). The highest BCUT2D eigenvalue weighted by Gasteiger charge is 2.35. The molecule has 1 fully saturated rings. The SMILES string of the molecule is O=C(C[NH+]1CCN(S(=O)(=O)c2ccccc2[N+](=O)[O-])CC1)NCc1ccc2c(c1)OCO2. The lowest BCUT2D eigenvalue weighted by Crippen LogP contribution is -3.15. The Kier molecular flexibility index (Phi) is 6.26. The van der Waals surface area contributed by atoms with E-state index in [0.29, 0.717) is 31.1 Å². The van der Waals surface area contributed by atoms with E-state index in [0.717, 1.165) is 10.5 Å².